The predicted octanol–water partition coefficient (Wildman–Crippen LogP) is 3.53. The molecule has 130 valence electrons. The fraction of sp³-hybridized carbons (Fsp3) is 0.235. The fourth-order valence-electron chi connectivity index (χ4n) is 2.34. The lowest BCUT2D eigenvalue weighted by Crippen LogP contribution is -2.11. The third kappa shape index (κ3) is 3.57. The molecule has 3 aromatic heterocycles. The van der Waals surface area contributed by atoms with Crippen molar-refractivity contribution in [3.05, 3.63) is 58.4 Å². The number of hydrogen-bond acceptors (Lipinski definition) is 5. The highest BCUT2D eigenvalue weighted by Crippen LogP contribution is 2.22. The summed E-state index contributed by atoms with van der Waals surface area (Å²) in [5, 5.41) is 7.69. The number of rotatable bonds is 5. The van der Waals surface area contributed by atoms with Crippen LogP contribution in [0.15, 0.2) is 34.9 Å². The molecule has 0 aliphatic rings. The van der Waals surface area contributed by atoms with Crippen LogP contribution >= 0.6 is 11.6 Å². The number of nitrogens with one attached hydrogen (secondary N) is 1. The zero-order chi connectivity index (χ0) is 18.0. The Morgan fingerprint density at radius 3 is 2.72 bits per heavy atom. The summed E-state index contributed by atoms with van der Waals surface area (Å²) in [5.74, 6) is 1.06. The number of nitrogens with zero attached hydrogens (tertiary/aromatic N) is 3. The van der Waals surface area contributed by atoms with E-state index in [0.29, 0.717) is 28.9 Å². The Bertz CT molecular complexity index is 899. The van der Waals surface area contributed by atoms with E-state index in [-0.39, 0.29) is 11.7 Å². The highest BCUT2D eigenvalue weighted by molar-refractivity contribution is 6.31. The van der Waals surface area contributed by atoms with Crippen molar-refractivity contribution in [1.29, 1.82) is 0 Å². The highest BCUT2D eigenvalue weighted by Gasteiger charge is 2.14. The molecule has 0 aliphatic heterocycles. The molecule has 0 saturated carbocycles. The van der Waals surface area contributed by atoms with Crippen LogP contribution in [0, 0.1) is 13.8 Å². The van der Waals surface area contributed by atoms with Crippen LogP contribution in [-0.4, -0.2) is 27.8 Å². The number of ether oxygens (including phenoxy) is 1. The smallest absolute Gasteiger partial charge is 0.291 e. The van der Waals surface area contributed by atoms with Gasteiger partial charge >= 0.3 is 0 Å². The fourth-order valence-corrected chi connectivity index (χ4v) is 2.46. The van der Waals surface area contributed by atoms with Crippen molar-refractivity contribution < 1.29 is 13.9 Å². The van der Waals surface area contributed by atoms with Crippen LogP contribution in [0.4, 0.5) is 5.69 Å². The van der Waals surface area contributed by atoms with Crippen molar-refractivity contribution in [2.24, 2.45) is 0 Å². The van der Waals surface area contributed by atoms with Crippen LogP contribution in [0.3, 0.4) is 0 Å². The minimum absolute atomic E-state index is 0.210. The van der Waals surface area contributed by atoms with Gasteiger partial charge in [-0.05, 0) is 38.1 Å². The maximum Gasteiger partial charge on any atom is 0.291 e. The van der Waals surface area contributed by atoms with Gasteiger partial charge in [-0.15, -0.1) is 0 Å². The van der Waals surface area contributed by atoms with E-state index in [1.54, 1.807) is 42.3 Å². The molecule has 8 heteroatoms. The number of aryl methyl sites for hydroxylation is 1. The quantitative estimate of drug-likeness (QED) is 0.752. The zero-order valence-electron chi connectivity index (χ0n) is 14.0. The number of aromatic nitrogens is 3. The largest absolute Gasteiger partial charge is 0.453 e. The lowest BCUT2D eigenvalue weighted by molar-refractivity contribution is 0.0987. The third-order valence-electron chi connectivity index (χ3n) is 3.60. The first-order valence-corrected chi connectivity index (χ1v) is 7.94. The lowest BCUT2D eigenvalue weighted by atomic mass is 10.3. The van der Waals surface area contributed by atoms with Crippen molar-refractivity contribution in [2.75, 3.05) is 12.4 Å². The molecule has 0 aliphatic carbocycles. The summed E-state index contributed by atoms with van der Waals surface area (Å²) in [5.41, 5.74) is 2.10. The van der Waals surface area contributed by atoms with E-state index in [9.17, 15) is 4.79 Å². The summed E-state index contributed by atoms with van der Waals surface area (Å²) in [4.78, 5) is 16.5. The van der Waals surface area contributed by atoms with E-state index in [1.807, 2.05) is 13.8 Å². The molecule has 0 aromatic carbocycles. The van der Waals surface area contributed by atoms with E-state index in [2.05, 4.69) is 15.4 Å². The molecule has 7 nitrogen and oxygen atoms in total. The second-order valence-electron chi connectivity index (χ2n) is 5.45. The van der Waals surface area contributed by atoms with Crippen molar-refractivity contribution in [2.45, 2.75) is 20.5 Å². The second-order valence-corrected chi connectivity index (χ2v) is 5.83. The topological polar surface area (TPSA) is 82.2 Å². The summed E-state index contributed by atoms with van der Waals surface area (Å²) in [6.07, 6.45) is 1.55. The summed E-state index contributed by atoms with van der Waals surface area (Å²) in [7, 11) is 1.56. The Morgan fingerprint density at radius 1 is 1.32 bits per heavy atom. The average molecular weight is 361 g/mol. The van der Waals surface area contributed by atoms with E-state index in [0.717, 1.165) is 11.4 Å². The lowest BCUT2D eigenvalue weighted by Gasteiger charge is -2.06. The standard InChI is InChI=1S/C17H17ClN4O3/c1-10-16(18)11(2)22(21-10)15-7-4-12(8-19-15)20-17(23)14-6-5-13(25-14)9-24-3/h4-8H,9H2,1-3H3,(H,20,23). The molecule has 0 spiro atoms. The van der Waals surface area contributed by atoms with Crippen LogP contribution < -0.4 is 5.32 Å². The van der Waals surface area contributed by atoms with Gasteiger partial charge in [0.15, 0.2) is 11.6 Å². The van der Waals surface area contributed by atoms with Gasteiger partial charge in [-0.3, -0.25) is 4.79 Å². The van der Waals surface area contributed by atoms with Gasteiger partial charge in [-0.2, -0.15) is 5.10 Å². The van der Waals surface area contributed by atoms with Gasteiger partial charge in [0.25, 0.3) is 5.91 Å². The normalized spacial score (nSPS) is 10.9. The number of pyridine rings is 1. The van der Waals surface area contributed by atoms with Crippen molar-refractivity contribution >= 4 is 23.2 Å². The average Bonchev–Trinajstić information content (AvgIpc) is 3.17. The molecule has 0 bridgehead atoms. The van der Waals surface area contributed by atoms with E-state index in [1.165, 1.54) is 0 Å². The molecule has 0 unspecified atom stereocenters. The summed E-state index contributed by atoms with van der Waals surface area (Å²) in [6, 6.07) is 6.79. The predicted molar refractivity (Wildman–Crippen MR) is 93.2 cm³/mol. The highest BCUT2D eigenvalue weighted by atomic mass is 35.5. The van der Waals surface area contributed by atoms with Gasteiger partial charge < -0.3 is 14.5 Å². The molecule has 0 saturated heterocycles. The van der Waals surface area contributed by atoms with E-state index < -0.39 is 0 Å². The Labute approximate surface area is 149 Å². The van der Waals surface area contributed by atoms with Gasteiger partial charge in [0.05, 0.1) is 28.3 Å². The molecular weight excluding hydrogens is 344 g/mol. The number of amides is 1. The first kappa shape index (κ1) is 17.2. The number of halogens is 1. The van der Waals surface area contributed by atoms with Gasteiger partial charge in [-0.25, -0.2) is 9.67 Å². The summed E-state index contributed by atoms with van der Waals surface area (Å²) >= 11 is 6.15. The molecular formula is C17H17ClN4O3. The van der Waals surface area contributed by atoms with Crippen LogP contribution in [0.5, 0.6) is 0 Å². The Kier molecular flexibility index (Phi) is 4.87. The number of methoxy groups -OCH3 is 1. The molecule has 25 heavy (non-hydrogen) atoms. The minimum Gasteiger partial charge on any atom is -0.453 e. The number of hydrogen-bond donors (Lipinski definition) is 1. The summed E-state index contributed by atoms with van der Waals surface area (Å²) < 4.78 is 12.0. The first-order valence-electron chi connectivity index (χ1n) is 7.56. The van der Waals surface area contributed by atoms with Gasteiger partial charge in [0.1, 0.15) is 12.4 Å². The SMILES string of the molecule is COCc1ccc(C(=O)Nc2ccc(-n3nc(C)c(Cl)c3C)nc2)o1. The molecule has 1 amide bonds. The van der Waals surface area contributed by atoms with E-state index >= 15 is 0 Å². The van der Waals surface area contributed by atoms with Crippen LogP contribution in [0.25, 0.3) is 5.82 Å². The first-order chi connectivity index (χ1) is 12.0. The van der Waals surface area contributed by atoms with Crippen molar-refractivity contribution in [3.8, 4) is 5.82 Å². The van der Waals surface area contributed by atoms with Gasteiger partial charge in [0, 0.05) is 7.11 Å². The second kappa shape index (κ2) is 7.08. The van der Waals surface area contributed by atoms with Crippen molar-refractivity contribution in [1.82, 2.24) is 14.8 Å². The third-order valence-corrected chi connectivity index (χ3v) is 4.14. The Balaban J connectivity index is 1.73. The number of anilines is 1. The molecule has 0 radical (unpaired) electrons. The molecule has 1 N–H and O–H groups in total. The molecule has 3 aromatic rings. The molecule has 0 atom stereocenters. The number of furan rings is 1. The molecule has 3 heterocycles. The monoisotopic (exact) mass is 360 g/mol. The zero-order valence-corrected chi connectivity index (χ0v) is 14.8. The number of carbonyl (C=O) groups is 1. The molecule has 0 fully saturated rings. The van der Waals surface area contributed by atoms with Crippen molar-refractivity contribution in [3.63, 3.8) is 0 Å². The molecule has 3 rings (SSSR count). The maximum absolute atomic E-state index is 12.2. The summed E-state index contributed by atoms with van der Waals surface area (Å²) in [6.45, 7) is 4.02. The maximum atomic E-state index is 12.2. The van der Waals surface area contributed by atoms with Crippen LogP contribution in [-0.2, 0) is 11.3 Å². The van der Waals surface area contributed by atoms with Crippen LogP contribution in [0.1, 0.15) is 27.7 Å². The minimum atomic E-state index is -0.355. The van der Waals surface area contributed by atoms with Crippen LogP contribution in [0.2, 0.25) is 5.02 Å². The number of carbonyl (C=O) groups excluding carboxylic acids is 1. The van der Waals surface area contributed by atoms with Gasteiger partial charge in [0.2, 0.25) is 0 Å². The Morgan fingerprint density at radius 2 is 2.12 bits per heavy atom. The van der Waals surface area contributed by atoms with Gasteiger partial charge in [-0.1, -0.05) is 11.6 Å². The Hall–Kier alpha value is -2.64. The van der Waals surface area contributed by atoms with E-state index in [4.69, 9.17) is 20.8 Å².